The first-order valence-electron chi connectivity index (χ1n) is 9.72. The van der Waals surface area contributed by atoms with Crippen molar-refractivity contribution in [3.05, 3.63) is 77.9 Å². The molecule has 1 N–H and O–H groups in total. The fourth-order valence-corrected chi connectivity index (χ4v) is 4.00. The molecule has 1 atom stereocenters. The van der Waals surface area contributed by atoms with Crippen LogP contribution in [0.4, 0.5) is 5.69 Å². The van der Waals surface area contributed by atoms with Gasteiger partial charge in [0.25, 0.3) is 5.91 Å². The number of anilines is 1. The summed E-state index contributed by atoms with van der Waals surface area (Å²) in [5.74, 6) is 0.0404. The molecule has 0 bridgehead atoms. The number of rotatable bonds is 6. The Labute approximate surface area is 188 Å². The number of nitrogens with one attached hydrogen (secondary N) is 1. The van der Waals surface area contributed by atoms with Crippen LogP contribution in [-0.4, -0.2) is 24.8 Å². The second-order valence-electron chi connectivity index (χ2n) is 6.81. The Balaban J connectivity index is 1.44. The van der Waals surface area contributed by atoms with Crippen molar-refractivity contribution in [1.29, 1.82) is 5.26 Å². The van der Waals surface area contributed by atoms with E-state index in [1.807, 2.05) is 12.1 Å². The molecule has 7 nitrogen and oxygen atoms in total. The van der Waals surface area contributed by atoms with Gasteiger partial charge in [-0.05, 0) is 43.3 Å². The molecule has 4 rings (SSSR count). The second kappa shape index (κ2) is 9.45. The Morgan fingerprint density at radius 3 is 2.56 bits per heavy atom. The number of amides is 1. The van der Waals surface area contributed by atoms with Gasteiger partial charge in [-0.15, -0.1) is 0 Å². The molecule has 8 heteroatoms. The number of benzene rings is 3. The minimum Gasteiger partial charge on any atom is -0.454 e. The van der Waals surface area contributed by atoms with E-state index in [2.05, 4.69) is 11.4 Å². The monoisotopic (exact) mass is 446 g/mol. The minimum atomic E-state index is -1.03. The van der Waals surface area contributed by atoms with Crippen molar-refractivity contribution in [3.8, 4) is 17.6 Å². The van der Waals surface area contributed by atoms with E-state index in [0.717, 1.165) is 4.90 Å². The zero-order chi connectivity index (χ0) is 22.5. The van der Waals surface area contributed by atoms with Gasteiger partial charge in [0, 0.05) is 21.5 Å². The number of nitrogens with zero attached hydrogens (tertiary/aromatic N) is 1. The molecule has 1 heterocycles. The van der Waals surface area contributed by atoms with E-state index in [4.69, 9.17) is 14.2 Å². The van der Waals surface area contributed by atoms with E-state index in [-0.39, 0.29) is 6.79 Å². The molecule has 1 unspecified atom stereocenters. The molecule has 0 spiro atoms. The van der Waals surface area contributed by atoms with E-state index in [1.165, 1.54) is 18.7 Å². The van der Waals surface area contributed by atoms with Crippen molar-refractivity contribution >= 4 is 29.3 Å². The number of carbonyl (C=O) groups excluding carboxylic acids is 2. The third kappa shape index (κ3) is 4.68. The third-order valence-electron chi connectivity index (χ3n) is 4.63. The van der Waals surface area contributed by atoms with Crippen LogP contribution in [0.25, 0.3) is 0 Å². The van der Waals surface area contributed by atoms with Crippen molar-refractivity contribution in [2.75, 3.05) is 12.1 Å². The molecule has 0 saturated carbocycles. The summed E-state index contributed by atoms with van der Waals surface area (Å²) in [6.45, 7) is 1.64. The highest BCUT2D eigenvalue weighted by atomic mass is 32.2. The zero-order valence-electron chi connectivity index (χ0n) is 17.0. The average molecular weight is 446 g/mol. The SMILES string of the molecule is CC(OC(=O)c1ccccc1Sc1ccccc1C#N)C(=O)Nc1ccc2c(c1)OCO2. The zero-order valence-corrected chi connectivity index (χ0v) is 17.8. The Morgan fingerprint density at radius 1 is 1.03 bits per heavy atom. The van der Waals surface area contributed by atoms with Crippen molar-refractivity contribution in [3.63, 3.8) is 0 Å². The van der Waals surface area contributed by atoms with E-state index < -0.39 is 18.0 Å². The topological polar surface area (TPSA) is 97.7 Å². The normalized spacial score (nSPS) is 12.5. The lowest BCUT2D eigenvalue weighted by Crippen LogP contribution is -2.30. The summed E-state index contributed by atoms with van der Waals surface area (Å²) in [6.07, 6.45) is -1.03. The van der Waals surface area contributed by atoms with Gasteiger partial charge in [-0.1, -0.05) is 36.0 Å². The lowest BCUT2D eigenvalue weighted by molar-refractivity contribution is -0.123. The summed E-state index contributed by atoms with van der Waals surface area (Å²) < 4.78 is 16.0. The quantitative estimate of drug-likeness (QED) is 0.552. The van der Waals surface area contributed by atoms with Crippen molar-refractivity contribution < 1.29 is 23.8 Å². The van der Waals surface area contributed by atoms with Crippen LogP contribution in [0.3, 0.4) is 0 Å². The summed E-state index contributed by atoms with van der Waals surface area (Å²) in [6, 6.07) is 21.2. The molecule has 1 aliphatic heterocycles. The molecule has 3 aromatic carbocycles. The van der Waals surface area contributed by atoms with Gasteiger partial charge < -0.3 is 19.5 Å². The van der Waals surface area contributed by atoms with Crippen LogP contribution in [0.2, 0.25) is 0 Å². The van der Waals surface area contributed by atoms with E-state index in [9.17, 15) is 14.9 Å². The van der Waals surface area contributed by atoms with Crippen LogP contribution in [-0.2, 0) is 9.53 Å². The average Bonchev–Trinajstić information content (AvgIpc) is 3.27. The van der Waals surface area contributed by atoms with Crippen LogP contribution >= 0.6 is 11.8 Å². The van der Waals surface area contributed by atoms with E-state index >= 15 is 0 Å². The van der Waals surface area contributed by atoms with Gasteiger partial charge in [0.15, 0.2) is 17.6 Å². The summed E-state index contributed by atoms with van der Waals surface area (Å²) in [7, 11) is 0. The Bertz CT molecular complexity index is 1220. The molecule has 160 valence electrons. The maximum absolute atomic E-state index is 12.8. The summed E-state index contributed by atoms with van der Waals surface area (Å²) >= 11 is 1.29. The fourth-order valence-electron chi connectivity index (χ4n) is 2.99. The summed E-state index contributed by atoms with van der Waals surface area (Å²) in [5, 5.41) is 12.0. The number of esters is 1. The number of fused-ring (bicyclic) bond motifs is 1. The standard InChI is InChI=1S/C24H18N2O5S/c1-15(23(27)26-17-10-11-19-20(12-17)30-14-29-19)31-24(28)18-7-3-5-9-22(18)32-21-8-4-2-6-16(21)13-25/h2-12,15H,14H2,1H3,(H,26,27). The van der Waals surface area contributed by atoms with Crippen molar-refractivity contribution in [2.45, 2.75) is 22.8 Å². The lowest BCUT2D eigenvalue weighted by Gasteiger charge is -2.15. The van der Waals surface area contributed by atoms with Gasteiger partial charge in [0.05, 0.1) is 11.1 Å². The maximum atomic E-state index is 12.8. The minimum absolute atomic E-state index is 0.136. The van der Waals surface area contributed by atoms with Gasteiger partial charge in [0.1, 0.15) is 6.07 Å². The molecular weight excluding hydrogens is 428 g/mol. The van der Waals surface area contributed by atoms with Crippen LogP contribution in [0, 0.1) is 11.3 Å². The first-order chi connectivity index (χ1) is 15.5. The third-order valence-corrected chi connectivity index (χ3v) is 5.78. The Morgan fingerprint density at radius 2 is 1.75 bits per heavy atom. The molecule has 1 amide bonds. The number of nitriles is 1. The van der Waals surface area contributed by atoms with Gasteiger partial charge in [-0.3, -0.25) is 4.79 Å². The highest BCUT2D eigenvalue weighted by molar-refractivity contribution is 7.99. The highest BCUT2D eigenvalue weighted by Gasteiger charge is 2.22. The van der Waals surface area contributed by atoms with Gasteiger partial charge in [-0.25, -0.2) is 4.79 Å². The van der Waals surface area contributed by atoms with Gasteiger partial charge >= 0.3 is 5.97 Å². The molecule has 0 radical (unpaired) electrons. The van der Waals surface area contributed by atoms with Gasteiger partial charge in [0.2, 0.25) is 6.79 Å². The summed E-state index contributed by atoms with van der Waals surface area (Å²) in [5.41, 5.74) is 1.33. The van der Waals surface area contributed by atoms with Crippen LogP contribution in [0.15, 0.2) is 76.5 Å². The molecule has 3 aromatic rings. The van der Waals surface area contributed by atoms with E-state index in [0.29, 0.717) is 33.2 Å². The molecule has 0 aliphatic carbocycles. The lowest BCUT2D eigenvalue weighted by atomic mass is 10.2. The molecular formula is C24H18N2O5S. The van der Waals surface area contributed by atoms with Crippen molar-refractivity contribution in [1.82, 2.24) is 0 Å². The molecule has 0 fully saturated rings. The maximum Gasteiger partial charge on any atom is 0.340 e. The molecule has 1 aliphatic rings. The van der Waals surface area contributed by atoms with E-state index in [1.54, 1.807) is 54.6 Å². The first kappa shape index (κ1) is 21.3. The number of ether oxygens (including phenoxy) is 3. The van der Waals surface area contributed by atoms with Crippen LogP contribution in [0.5, 0.6) is 11.5 Å². The number of carbonyl (C=O) groups is 2. The molecule has 0 aromatic heterocycles. The Kier molecular flexibility index (Phi) is 6.29. The Hall–Kier alpha value is -3.96. The smallest absolute Gasteiger partial charge is 0.340 e. The molecule has 32 heavy (non-hydrogen) atoms. The molecule has 0 saturated heterocycles. The van der Waals surface area contributed by atoms with Gasteiger partial charge in [-0.2, -0.15) is 5.26 Å². The fraction of sp³-hybridized carbons (Fsp3) is 0.125. The van der Waals surface area contributed by atoms with Crippen LogP contribution < -0.4 is 14.8 Å². The number of hydrogen-bond acceptors (Lipinski definition) is 7. The first-order valence-corrected chi connectivity index (χ1v) is 10.5. The van der Waals surface area contributed by atoms with Crippen molar-refractivity contribution in [2.24, 2.45) is 0 Å². The predicted molar refractivity (Wildman–Crippen MR) is 118 cm³/mol. The largest absolute Gasteiger partial charge is 0.454 e. The predicted octanol–water partition coefficient (Wildman–Crippen LogP) is 4.62. The highest BCUT2D eigenvalue weighted by Crippen LogP contribution is 2.35. The number of hydrogen-bond donors (Lipinski definition) is 1. The second-order valence-corrected chi connectivity index (χ2v) is 7.89. The summed E-state index contributed by atoms with van der Waals surface area (Å²) in [4.78, 5) is 26.7. The van der Waals surface area contributed by atoms with Crippen LogP contribution in [0.1, 0.15) is 22.8 Å².